The molecule has 1 heterocycles. The van der Waals surface area contributed by atoms with Gasteiger partial charge in [-0.15, -0.1) is 0 Å². The number of nitrogens with one attached hydrogen (secondary N) is 1. The molecule has 0 saturated heterocycles. The summed E-state index contributed by atoms with van der Waals surface area (Å²) < 4.78 is 1.08. The van der Waals surface area contributed by atoms with Gasteiger partial charge in [0.15, 0.2) is 0 Å². The number of hydrogen-bond acceptors (Lipinski definition) is 3. The number of aromatic nitrogens is 2. The van der Waals surface area contributed by atoms with E-state index >= 15 is 0 Å². The van der Waals surface area contributed by atoms with E-state index in [2.05, 4.69) is 43.3 Å². The monoisotopic (exact) mass is 327 g/mol. The predicted octanol–water partition coefficient (Wildman–Crippen LogP) is 4.31. The molecular weight excluding hydrogens is 314 g/mol. The van der Waals surface area contributed by atoms with Crippen molar-refractivity contribution in [2.24, 2.45) is 0 Å². The fourth-order valence-electron chi connectivity index (χ4n) is 2.09. The molecule has 0 aliphatic carbocycles. The topological polar surface area (TPSA) is 37.8 Å². The van der Waals surface area contributed by atoms with Gasteiger partial charge in [0.2, 0.25) is 0 Å². The molecule has 3 aromatic rings. The Balaban J connectivity index is 1.85. The molecule has 4 heteroatoms. The maximum Gasteiger partial charge on any atom is 0.148 e. The molecule has 0 aliphatic rings. The third-order valence-corrected chi connectivity index (χ3v) is 3.59. The van der Waals surface area contributed by atoms with Crippen LogP contribution in [0.25, 0.3) is 11.0 Å². The number of anilines is 1. The van der Waals surface area contributed by atoms with Crippen LogP contribution in [0.3, 0.4) is 0 Å². The van der Waals surface area contributed by atoms with E-state index < -0.39 is 0 Å². The van der Waals surface area contributed by atoms with Gasteiger partial charge in [0, 0.05) is 11.0 Å². The first kappa shape index (κ1) is 13.1. The fourth-order valence-corrected chi connectivity index (χ4v) is 2.54. The lowest BCUT2D eigenvalue weighted by molar-refractivity contribution is 1.08. The number of benzene rings is 2. The summed E-state index contributed by atoms with van der Waals surface area (Å²) in [5.74, 6) is 0.837. The molecule has 20 heavy (non-hydrogen) atoms. The first-order valence-corrected chi connectivity index (χ1v) is 7.23. The van der Waals surface area contributed by atoms with Crippen molar-refractivity contribution in [3.8, 4) is 0 Å². The highest BCUT2D eigenvalue weighted by molar-refractivity contribution is 9.10. The first-order valence-electron chi connectivity index (χ1n) is 6.44. The van der Waals surface area contributed by atoms with E-state index in [4.69, 9.17) is 0 Å². The Morgan fingerprint density at radius 3 is 2.50 bits per heavy atom. The van der Waals surface area contributed by atoms with Crippen LogP contribution in [-0.4, -0.2) is 9.97 Å². The van der Waals surface area contributed by atoms with Crippen molar-refractivity contribution in [1.82, 2.24) is 9.97 Å². The van der Waals surface area contributed by atoms with Crippen LogP contribution in [0.1, 0.15) is 11.3 Å². The van der Waals surface area contributed by atoms with Crippen LogP contribution < -0.4 is 5.32 Å². The van der Waals surface area contributed by atoms with Crippen molar-refractivity contribution in [3.05, 3.63) is 64.3 Å². The standard InChI is InChI=1S/C16H14BrN3/c1-11-16(18-10-12-5-4-6-13(17)9-12)20-15-8-3-2-7-14(15)19-11/h2-9H,10H2,1H3,(H,18,20). The van der Waals surface area contributed by atoms with Crippen LogP contribution in [0.4, 0.5) is 5.82 Å². The van der Waals surface area contributed by atoms with Gasteiger partial charge < -0.3 is 5.32 Å². The van der Waals surface area contributed by atoms with Crippen molar-refractivity contribution in [2.75, 3.05) is 5.32 Å². The minimum Gasteiger partial charge on any atom is -0.364 e. The number of fused-ring (bicyclic) bond motifs is 1. The highest BCUT2D eigenvalue weighted by atomic mass is 79.9. The van der Waals surface area contributed by atoms with Crippen LogP contribution in [0, 0.1) is 6.92 Å². The number of rotatable bonds is 3. The van der Waals surface area contributed by atoms with Gasteiger partial charge in [-0.25, -0.2) is 9.97 Å². The van der Waals surface area contributed by atoms with Crippen LogP contribution in [-0.2, 0) is 6.54 Å². The number of halogens is 1. The van der Waals surface area contributed by atoms with E-state index in [1.54, 1.807) is 0 Å². The summed E-state index contributed by atoms with van der Waals surface area (Å²) in [4.78, 5) is 9.20. The van der Waals surface area contributed by atoms with E-state index in [0.717, 1.165) is 33.6 Å². The summed E-state index contributed by atoms with van der Waals surface area (Å²) in [6, 6.07) is 16.1. The molecule has 0 atom stereocenters. The van der Waals surface area contributed by atoms with Crippen LogP contribution in [0.15, 0.2) is 53.0 Å². The van der Waals surface area contributed by atoms with Crippen molar-refractivity contribution in [3.63, 3.8) is 0 Å². The summed E-state index contributed by atoms with van der Waals surface area (Å²) in [6.07, 6.45) is 0. The summed E-state index contributed by atoms with van der Waals surface area (Å²) in [5.41, 5.74) is 3.96. The number of hydrogen-bond donors (Lipinski definition) is 1. The highest BCUT2D eigenvalue weighted by Crippen LogP contribution is 2.17. The lowest BCUT2D eigenvalue weighted by Crippen LogP contribution is -2.04. The van der Waals surface area contributed by atoms with Crippen molar-refractivity contribution in [2.45, 2.75) is 13.5 Å². The van der Waals surface area contributed by atoms with Gasteiger partial charge in [-0.3, -0.25) is 0 Å². The Labute approximate surface area is 126 Å². The zero-order valence-corrected chi connectivity index (χ0v) is 12.7. The second-order valence-electron chi connectivity index (χ2n) is 4.63. The Kier molecular flexibility index (Phi) is 3.65. The maximum absolute atomic E-state index is 4.63. The molecule has 100 valence electrons. The molecule has 3 nitrogen and oxygen atoms in total. The Morgan fingerprint density at radius 1 is 1.00 bits per heavy atom. The average Bonchev–Trinajstić information content (AvgIpc) is 2.45. The molecule has 0 saturated carbocycles. The molecular formula is C16H14BrN3. The van der Waals surface area contributed by atoms with Gasteiger partial charge in [0.05, 0.1) is 16.7 Å². The highest BCUT2D eigenvalue weighted by Gasteiger charge is 2.04. The first-order chi connectivity index (χ1) is 9.72. The van der Waals surface area contributed by atoms with E-state index in [9.17, 15) is 0 Å². The van der Waals surface area contributed by atoms with Gasteiger partial charge in [-0.1, -0.05) is 40.2 Å². The van der Waals surface area contributed by atoms with Crippen LogP contribution in [0.5, 0.6) is 0 Å². The Bertz CT molecular complexity index is 756. The van der Waals surface area contributed by atoms with Gasteiger partial charge in [0.1, 0.15) is 5.82 Å². The second-order valence-corrected chi connectivity index (χ2v) is 5.55. The van der Waals surface area contributed by atoms with Gasteiger partial charge in [-0.2, -0.15) is 0 Å². The Morgan fingerprint density at radius 2 is 1.75 bits per heavy atom. The van der Waals surface area contributed by atoms with Crippen molar-refractivity contribution >= 4 is 32.8 Å². The summed E-state index contributed by atoms with van der Waals surface area (Å²) >= 11 is 3.48. The molecule has 2 aromatic carbocycles. The van der Waals surface area contributed by atoms with Crippen LogP contribution >= 0.6 is 15.9 Å². The number of nitrogens with zero attached hydrogens (tertiary/aromatic N) is 2. The molecule has 0 radical (unpaired) electrons. The Hall–Kier alpha value is -1.94. The number of aryl methyl sites for hydroxylation is 1. The smallest absolute Gasteiger partial charge is 0.148 e. The number of para-hydroxylation sites is 2. The zero-order chi connectivity index (χ0) is 13.9. The largest absolute Gasteiger partial charge is 0.364 e. The zero-order valence-electron chi connectivity index (χ0n) is 11.1. The molecule has 3 rings (SSSR count). The van der Waals surface area contributed by atoms with E-state index in [-0.39, 0.29) is 0 Å². The summed E-state index contributed by atoms with van der Waals surface area (Å²) in [6.45, 7) is 2.70. The van der Waals surface area contributed by atoms with Crippen LogP contribution in [0.2, 0.25) is 0 Å². The maximum atomic E-state index is 4.63. The minimum absolute atomic E-state index is 0.729. The second kappa shape index (κ2) is 5.59. The average molecular weight is 328 g/mol. The summed E-state index contributed by atoms with van der Waals surface area (Å²) in [5, 5.41) is 3.35. The molecule has 0 amide bonds. The lowest BCUT2D eigenvalue weighted by Gasteiger charge is -2.09. The van der Waals surface area contributed by atoms with Crippen molar-refractivity contribution in [1.29, 1.82) is 0 Å². The summed E-state index contributed by atoms with van der Waals surface area (Å²) in [7, 11) is 0. The molecule has 0 fully saturated rings. The third-order valence-electron chi connectivity index (χ3n) is 3.09. The lowest BCUT2D eigenvalue weighted by atomic mass is 10.2. The van der Waals surface area contributed by atoms with Crippen molar-refractivity contribution < 1.29 is 0 Å². The van der Waals surface area contributed by atoms with E-state index in [0.29, 0.717) is 0 Å². The van der Waals surface area contributed by atoms with E-state index in [1.807, 2.05) is 43.3 Å². The SMILES string of the molecule is Cc1nc2ccccc2nc1NCc1cccc(Br)c1. The van der Waals surface area contributed by atoms with Gasteiger partial charge in [-0.05, 0) is 36.8 Å². The molecule has 1 aromatic heterocycles. The predicted molar refractivity (Wildman–Crippen MR) is 85.7 cm³/mol. The normalized spacial score (nSPS) is 10.7. The molecule has 0 aliphatic heterocycles. The molecule has 0 bridgehead atoms. The fraction of sp³-hybridized carbons (Fsp3) is 0.125. The van der Waals surface area contributed by atoms with Gasteiger partial charge in [0.25, 0.3) is 0 Å². The molecule has 0 unspecified atom stereocenters. The van der Waals surface area contributed by atoms with Gasteiger partial charge >= 0.3 is 0 Å². The minimum atomic E-state index is 0.729. The third kappa shape index (κ3) is 2.80. The molecule has 0 spiro atoms. The molecule has 1 N–H and O–H groups in total. The quantitative estimate of drug-likeness (QED) is 0.778. The van der Waals surface area contributed by atoms with E-state index in [1.165, 1.54) is 5.56 Å².